The Bertz CT molecular complexity index is 244. The molecular weight excluding hydrogens is 220 g/mol. The van der Waals surface area contributed by atoms with Crippen molar-refractivity contribution in [2.75, 3.05) is 13.6 Å². The minimum absolute atomic E-state index is 0.488. The molecule has 2 heteroatoms. The molecule has 2 N–H and O–H groups in total. The van der Waals surface area contributed by atoms with Crippen LogP contribution in [0.4, 0.5) is 0 Å². The van der Waals surface area contributed by atoms with Gasteiger partial charge in [-0.2, -0.15) is 0 Å². The number of hydrogen-bond donors (Lipinski definition) is 1. The molecule has 0 unspecified atom stereocenters. The van der Waals surface area contributed by atoms with Gasteiger partial charge in [-0.3, -0.25) is 0 Å². The van der Waals surface area contributed by atoms with Crippen molar-refractivity contribution in [2.24, 2.45) is 17.1 Å². The molecule has 2 saturated carbocycles. The van der Waals surface area contributed by atoms with Crippen LogP contribution in [0.3, 0.4) is 0 Å². The average molecular weight is 252 g/mol. The lowest BCUT2D eigenvalue weighted by molar-refractivity contribution is 0.106. The largest absolute Gasteiger partial charge is 0.328 e. The minimum Gasteiger partial charge on any atom is -0.328 e. The van der Waals surface area contributed by atoms with Gasteiger partial charge in [-0.1, -0.05) is 13.8 Å². The first-order chi connectivity index (χ1) is 8.46. The second kappa shape index (κ2) is 5.92. The van der Waals surface area contributed by atoms with Crippen LogP contribution in [-0.4, -0.2) is 30.6 Å². The molecule has 0 aliphatic heterocycles. The molecule has 18 heavy (non-hydrogen) atoms. The van der Waals surface area contributed by atoms with Gasteiger partial charge in [0.25, 0.3) is 0 Å². The highest BCUT2D eigenvalue weighted by molar-refractivity contribution is 4.84. The second-order valence-corrected chi connectivity index (χ2v) is 7.62. The fourth-order valence-electron chi connectivity index (χ4n) is 3.75. The van der Waals surface area contributed by atoms with Crippen LogP contribution in [-0.2, 0) is 0 Å². The summed E-state index contributed by atoms with van der Waals surface area (Å²) in [7, 11) is 2.34. The Labute approximate surface area is 113 Å². The molecule has 0 heterocycles. The van der Waals surface area contributed by atoms with E-state index in [0.29, 0.717) is 11.5 Å². The van der Waals surface area contributed by atoms with Crippen molar-refractivity contribution in [2.45, 2.75) is 77.3 Å². The van der Waals surface area contributed by atoms with Gasteiger partial charge in [0.1, 0.15) is 0 Å². The average Bonchev–Trinajstić information content (AvgIpc) is 2.32. The smallest absolute Gasteiger partial charge is 0.00927 e. The van der Waals surface area contributed by atoms with E-state index in [9.17, 15) is 0 Å². The molecule has 0 aromatic rings. The molecule has 0 radical (unpaired) electrons. The quantitative estimate of drug-likeness (QED) is 0.834. The predicted molar refractivity (Wildman–Crippen MR) is 78.6 cm³/mol. The van der Waals surface area contributed by atoms with Crippen LogP contribution in [0.1, 0.15) is 65.2 Å². The third-order valence-electron chi connectivity index (χ3n) is 5.37. The molecule has 0 amide bonds. The van der Waals surface area contributed by atoms with Gasteiger partial charge in [0, 0.05) is 18.6 Å². The monoisotopic (exact) mass is 252 g/mol. The van der Waals surface area contributed by atoms with E-state index in [-0.39, 0.29) is 0 Å². The molecule has 0 aromatic carbocycles. The van der Waals surface area contributed by atoms with E-state index in [2.05, 4.69) is 25.8 Å². The van der Waals surface area contributed by atoms with Crippen LogP contribution in [0.15, 0.2) is 0 Å². The Morgan fingerprint density at radius 3 is 2.11 bits per heavy atom. The van der Waals surface area contributed by atoms with Crippen molar-refractivity contribution in [3.63, 3.8) is 0 Å². The zero-order chi connectivity index (χ0) is 13.2. The Morgan fingerprint density at radius 1 is 1.00 bits per heavy atom. The Morgan fingerprint density at radius 2 is 1.56 bits per heavy atom. The summed E-state index contributed by atoms with van der Waals surface area (Å²) in [5, 5.41) is 0. The molecule has 106 valence electrons. The molecule has 2 aliphatic rings. The van der Waals surface area contributed by atoms with Gasteiger partial charge < -0.3 is 10.6 Å². The molecular formula is C16H32N2. The van der Waals surface area contributed by atoms with Crippen LogP contribution in [0, 0.1) is 11.3 Å². The molecule has 0 aromatic heterocycles. The van der Waals surface area contributed by atoms with Gasteiger partial charge in [0.05, 0.1) is 0 Å². The van der Waals surface area contributed by atoms with E-state index in [1.54, 1.807) is 0 Å². The van der Waals surface area contributed by atoms with Crippen molar-refractivity contribution >= 4 is 0 Å². The van der Waals surface area contributed by atoms with Gasteiger partial charge in [-0.05, 0) is 69.7 Å². The van der Waals surface area contributed by atoms with E-state index >= 15 is 0 Å². The van der Waals surface area contributed by atoms with Crippen molar-refractivity contribution in [3.05, 3.63) is 0 Å². The van der Waals surface area contributed by atoms with E-state index in [1.165, 1.54) is 57.9 Å². The first-order valence-electron chi connectivity index (χ1n) is 7.92. The van der Waals surface area contributed by atoms with E-state index in [1.807, 2.05) is 0 Å². The fraction of sp³-hybridized carbons (Fsp3) is 1.00. The highest BCUT2D eigenvalue weighted by Crippen LogP contribution is 2.37. The van der Waals surface area contributed by atoms with Crippen LogP contribution in [0.5, 0.6) is 0 Å². The maximum Gasteiger partial charge on any atom is 0.00927 e. The van der Waals surface area contributed by atoms with Gasteiger partial charge >= 0.3 is 0 Å². The predicted octanol–water partition coefficient (Wildman–Crippen LogP) is 3.40. The second-order valence-electron chi connectivity index (χ2n) is 7.62. The molecule has 0 spiro atoms. The first-order valence-corrected chi connectivity index (χ1v) is 7.92. The number of hydrogen-bond acceptors (Lipinski definition) is 2. The summed E-state index contributed by atoms with van der Waals surface area (Å²) in [4.78, 5) is 2.65. The molecule has 2 rings (SSSR count). The van der Waals surface area contributed by atoms with Crippen molar-refractivity contribution in [1.82, 2.24) is 4.90 Å². The highest BCUT2D eigenvalue weighted by atomic mass is 15.1. The normalized spacial score (nSPS) is 33.8. The molecule has 0 atom stereocenters. The van der Waals surface area contributed by atoms with Crippen molar-refractivity contribution in [3.8, 4) is 0 Å². The lowest BCUT2D eigenvalue weighted by atomic mass is 9.75. The molecule has 2 aliphatic carbocycles. The maximum atomic E-state index is 5.99. The Hall–Kier alpha value is -0.0800. The fourth-order valence-corrected chi connectivity index (χ4v) is 3.75. The van der Waals surface area contributed by atoms with Crippen molar-refractivity contribution < 1.29 is 0 Å². The zero-order valence-corrected chi connectivity index (χ0v) is 12.6. The van der Waals surface area contributed by atoms with Gasteiger partial charge in [0.15, 0.2) is 0 Å². The molecule has 0 saturated heterocycles. The Balaban J connectivity index is 1.73. The molecule has 0 bridgehead atoms. The Kier molecular flexibility index (Phi) is 4.71. The number of rotatable bonds is 3. The summed E-state index contributed by atoms with van der Waals surface area (Å²) in [6, 6.07) is 1.33. The van der Waals surface area contributed by atoms with Gasteiger partial charge in [0.2, 0.25) is 0 Å². The van der Waals surface area contributed by atoms with Crippen LogP contribution in [0.2, 0.25) is 0 Å². The zero-order valence-electron chi connectivity index (χ0n) is 12.6. The standard InChI is InChI=1S/C16H32N2/c1-16(2)10-8-15(9-11-16)18(3)12-13-4-6-14(17)7-5-13/h13-15H,4-12,17H2,1-3H3. The summed E-state index contributed by atoms with van der Waals surface area (Å²) in [6.45, 7) is 6.15. The summed E-state index contributed by atoms with van der Waals surface area (Å²) in [6.07, 6.45) is 10.8. The third kappa shape index (κ3) is 3.96. The van der Waals surface area contributed by atoms with Gasteiger partial charge in [-0.25, -0.2) is 0 Å². The van der Waals surface area contributed by atoms with Crippen LogP contribution >= 0.6 is 0 Å². The van der Waals surface area contributed by atoms with Crippen molar-refractivity contribution in [1.29, 1.82) is 0 Å². The van der Waals surface area contributed by atoms with E-state index in [0.717, 1.165) is 12.0 Å². The lowest BCUT2D eigenvalue weighted by Gasteiger charge is -2.40. The summed E-state index contributed by atoms with van der Waals surface area (Å²) < 4.78 is 0. The molecule has 2 nitrogen and oxygen atoms in total. The number of nitrogens with two attached hydrogens (primary N) is 1. The minimum atomic E-state index is 0.488. The summed E-state index contributed by atoms with van der Waals surface area (Å²) in [5.74, 6) is 0.907. The van der Waals surface area contributed by atoms with Gasteiger partial charge in [-0.15, -0.1) is 0 Å². The highest BCUT2D eigenvalue weighted by Gasteiger charge is 2.30. The molecule has 2 fully saturated rings. The topological polar surface area (TPSA) is 29.3 Å². The third-order valence-corrected chi connectivity index (χ3v) is 5.37. The maximum absolute atomic E-state index is 5.99. The SMILES string of the molecule is CN(CC1CCC(N)CC1)C1CCC(C)(C)CC1. The van der Waals surface area contributed by atoms with E-state index in [4.69, 9.17) is 5.73 Å². The van der Waals surface area contributed by atoms with Crippen LogP contribution in [0.25, 0.3) is 0 Å². The van der Waals surface area contributed by atoms with E-state index < -0.39 is 0 Å². The number of nitrogens with zero attached hydrogens (tertiary/aromatic N) is 1. The summed E-state index contributed by atoms with van der Waals surface area (Å²) in [5.41, 5.74) is 6.58. The lowest BCUT2D eigenvalue weighted by Crippen LogP contribution is -2.41. The summed E-state index contributed by atoms with van der Waals surface area (Å²) >= 11 is 0. The van der Waals surface area contributed by atoms with Crippen LogP contribution < -0.4 is 5.73 Å². The first kappa shape index (κ1) is 14.3.